The lowest BCUT2D eigenvalue weighted by Crippen LogP contribution is -2.40. The highest BCUT2D eigenvalue weighted by molar-refractivity contribution is 7.89. The van der Waals surface area contributed by atoms with Crippen molar-refractivity contribution in [3.05, 3.63) is 47.0 Å². The van der Waals surface area contributed by atoms with Crippen molar-refractivity contribution in [2.45, 2.75) is 17.7 Å². The topological polar surface area (TPSA) is 114 Å². The highest BCUT2D eigenvalue weighted by Gasteiger charge is 2.28. The van der Waals surface area contributed by atoms with Gasteiger partial charge in [0.2, 0.25) is 15.9 Å². The third kappa shape index (κ3) is 5.04. The Labute approximate surface area is 190 Å². The summed E-state index contributed by atoms with van der Waals surface area (Å²) in [6.45, 7) is 0.861. The molecular weight excluding hydrogens is 458 g/mol. The summed E-state index contributed by atoms with van der Waals surface area (Å²) in [7, 11) is -3.81. The zero-order valence-electron chi connectivity index (χ0n) is 17.1. The van der Waals surface area contributed by atoms with Crippen LogP contribution in [0.2, 0.25) is 5.02 Å². The number of benzene rings is 2. The average molecular weight is 480 g/mol. The molecule has 11 heteroatoms. The lowest BCUT2D eigenvalue weighted by molar-refractivity contribution is -0.118. The first-order valence-corrected chi connectivity index (χ1v) is 11.9. The monoisotopic (exact) mass is 479 g/mol. The van der Waals surface area contributed by atoms with Crippen molar-refractivity contribution in [1.29, 1.82) is 0 Å². The molecule has 1 fully saturated rings. The van der Waals surface area contributed by atoms with Gasteiger partial charge in [0.25, 0.3) is 5.91 Å². The normalized spacial score (nSPS) is 16.7. The Kier molecular flexibility index (Phi) is 6.66. The number of amides is 2. The van der Waals surface area contributed by atoms with Crippen LogP contribution in [0.4, 0.5) is 11.4 Å². The standard InChI is InChI=1S/C21H22ClN3O6S/c22-17-4-2-15(12-19(17)32(28,29)25-7-9-30-10-8-25)23-21(27)13-31-16-3-5-18-14(11-16)1-6-20(26)24-18/h2-5,11-12H,1,6-10,13H2,(H,23,27)(H,24,26). The van der Waals surface area contributed by atoms with E-state index >= 15 is 0 Å². The number of ether oxygens (including phenoxy) is 2. The van der Waals surface area contributed by atoms with E-state index in [1.165, 1.54) is 22.5 Å². The zero-order valence-corrected chi connectivity index (χ0v) is 18.7. The summed E-state index contributed by atoms with van der Waals surface area (Å²) >= 11 is 6.14. The number of carbonyl (C=O) groups excluding carboxylic acids is 2. The van der Waals surface area contributed by atoms with E-state index in [9.17, 15) is 18.0 Å². The lowest BCUT2D eigenvalue weighted by atomic mass is 10.0. The molecule has 9 nitrogen and oxygen atoms in total. The second kappa shape index (κ2) is 9.45. The molecule has 2 aliphatic rings. The number of hydrogen-bond acceptors (Lipinski definition) is 6. The van der Waals surface area contributed by atoms with Gasteiger partial charge in [-0.05, 0) is 48.4 Å². The maximum Gasteiger partial charge on any atom is 0.262 e. The van der Waals surface area contributed by atoms with Gasteiger partial charge in [0.1, 0.15) is 10.6 Å². The number of morpholine rings is 1. The number of fused-ring (bicyclic) bond motifs is 1. The van der Waals surface area contributed by atoms with Crippen molar-refractivity contribution in [2.24, 2.45) is 0 Å². The second-order valence-electron chi connectivity index (χ2n) is 7.37. The molecule has 2 amide bonds. The Morgan fingerprint density at radius 3 is 2.72 bits per heavy atom. The fraction of sp³-hybridized carbons (Fsp3) is 0.333. The molecule has 0 radical (unpaired) electrons. The predicted octanol–water partition coefficient (Wildman–Crippen LogP) is 2.26. The molecule has 0 saturated carbocycles. The number of hydrogen-bond donors (Lipinski definition) is 2. The van der Waals surface area contributed by atoms with E-state index in [1.807, 2.05) is 0 Å². The summed E-state index contributed by atoms with van der Waals surface area (Å²) in [6.07, 6.45) is 1.01. The number of nitrogens with one attached hydrogen (secondary N) is 2. The van der Waals surface area contributed by atoms with Crippen LogP contribution in [0, 0.1) is 0 Å². The van der Waals surface area contributed by atoms with Crippen molar-refractivity contribution in [2.75, 3.05) is 43.5 Å². The van der Waals surface area contributed by atoms with Crippen LogP contribution in [0.25, 0.3) is 0 Å². The van der Waals surface area contributed by atoms with Gasteiger partial charge >= 0.3 is 0 Å². The summed E-state index contributed by atoms with van der Waals surface area (Å²) in [5.41, 5.74) is 1.98. The van der Waals surface area contributed by atoms with E-state index < -0.39 is 15.9 Å². The summed E-state index contributed by atoms with van der Waals surface area (Å²) < 4.78 is 37.9. The molecule has 1 saturated heterocycles. The van der Waals surface area contributed by atoms with Gasteiger partial charge in [-0.25, -0.2) is 8.42 Å². The van der Waals surface area contributed by atoms with Gasteiger partial charge in [-0.15, -0.1) is 0 Å². The molecule has 0 aliphatic carbocycles. The van der Waals surface area contributed by atoms with E-state index in [-0.39, 0.29) is 35.5 Å². The third-order valence-electron chi connectivity index (χ3n) is 5.14. The summed E-state index contributed by atoms with van der Waals surface area (Å²) in [5, 5.41) is 5.50. The number of nitrogens with zero attached hydrogens (tertiary/aromatic N) is 1. The minimum atomic E-state index is -3.81. The van der Waals surface area contributed by atoms with E-state index in [1.54, 1.807) is 18.2 Å². The fourth-order valence-electron chi connectivity index (χ4n) is 3.50. The molecule has 170 valence electrons. The number of halogens is 1. The number of rotatable bonds is 6. The van der Waals surface area contributed by atoms with E-state index in [2.05, 4.69) is 10.6 Å². The molecule has 2 aromatic carbocycles. The van der Waals surface area contributed by atoms with Crippen molar-refractivity contribution in [3.8, 4) is 5.75 Å². The van der Waals surface area contributed by atoms with Crippen molar-refractivity contribution in [3.63, 3.8) is 0 Å². The quantitative estimate of drug-likeness (QED) is 0.657. The summed E-state index contributed by atoms with van der Waals surface area (Å²) in [4.78, 5) is 23.7. The number of anilines is 2. The second-order valence-corrected chi connectivity index (χ2v) is 9.68. The van der Waals surface area contributed by atoms with Gasteiger partial charge in [-0.3, -0.25) is 9.59 Å². The van der Waals surface area contributed by atoms with Gasteiger partial charge in [0.15, 0.2) is 6.61 Å². The van der Waals surface area contributed by atoms with Crippen molar-refractivity contribution < 1.29 is 27.5 Å². The smallest absolute Gasteiger partial charge is 0.262 e. The first-order valence-electron chi connectivity index (χ1n) is 10.1. The molecule has 2 heterocycles. The van der Waals surface area contributed by atoms with E-state index in [0.717, 1.165) is 11.3 Å². The number of aryl methyl sites for hydroxylation is 1. The molecule has 0 bridgehead atoms. The first-order chi connectivity index (χ1) is 15.3. The maximum atomic E-state index is 12.9. The first kappa shape index (κ1) is 22.5. The number of sulfonamides is 1. The molecule has 0 aromatic heterocycles. The Balaban J connectivity index is 1.40. The maximum absolute atomic E-state index is 12.9. The highest BCUT2D eigenvalue weighted by Crippen LogP contribution is 2.29. The van der Waals surface area contributed by atoms with Gasteiger partial charge in [0, 0.05) is 30.9 Å². The molecular formula is C21H22ClN3O6S. The van der Waals surface area contributed by atoms with Crippen LogP contribution in [0.15, 0.2) is 41.3 Å². The molecule has 2 aromatic rings. The summed E-state index contributed by atoms with van der Waals surface area (Å²) in [5.74, 6) is 0.0262. The molecule has 0 atom stereocenters. The van der Waals surface area contributed by atoms with Crippen LogP contribution >= 0.6 is 11.6 Å². The van der Waals surface area contributed by atoms with E-state index in [0.29, 0.717) is 37.5 Å². The zero-order chi connectivity index (χ0) is 22.7. The third-order valence-corrected chi connectivity index (χ3v) is 7.53. The molecule has 0 spiro atoms. The van der Waals surface area contributed by atoms with Gasteiger partial charge in [-0.2, -0.15) is 4.31 Å². The minimum absolute atomic E-state index is 0.0245. The van der Waals surface area contributed by atoms with Crippen LogP contribution in [-0.2, 0) is 30.8 Å². The van der Waals surface area contributed by atoms with Crippen LogP contribution in [0.1, 0.15) is 12.0 Å². The molecule has 0 unspecified atom stereocenters. The van der Waals surface area contributed by atoms with E-state index in [4.69, 9.17) is 21.1 Å². The average Bonchev–Trinajstić information content (AvgIpc) is 2.79. The Morgan fingerprint density at radius 1 is 1.16 bits per heavy atom. The molecule has 4 rings (SSSR count). The summed E-state index contributed by atoms with van der Waals surface area (Å²) in [6, 6.07) is 9.50. The predicted molar refractivity (Wildman–Crippen MR) is 119 cm³/mol. The van der Waals surface area contributed by atoms with Crippen molar-refractivity contribution >= 4 is 44.8 Å². The van der Waals surface area contributed by atoms with Crippen molar-refractivity contribution in [1.82, 2.24) is 4.31 Å². The SMILES string of the molecule is O=C(COc1ccc2c(c1)CCC(=O)N2)Nc1ccc(Cl)c(S(=O)(=O)N2CCOCC2)c1. The largest absolute Gasteiger partial charge is 0.484 e. The fourth-order valence-corrected chi connectivity index (χ4v) is 5.41. The minimum Gasteiger partial charge on any atom is -0.484 e. The Morgan fingerprint density at radius 2 is 1.94 bits per heavy atom. The Bertz CT molecular complexity index is 1150. The van der Waals surface area contributed by atoms with Gasteiger partial charge < -0.3 is 20.1 Å². The highest BCUT2D eigenvalue weighted by atomic mass is 35.5. The molecule has 2 aliphatic heterocycles. The lowest BCUT2D eigenvalue weighted by Gasteiger charge is -2.26. The van der Waals surface area contributed by atoms with Crippen LogP contribution in [0.5, 0.6) is 5.75 Å². The van der Waals surface area contributed by atoms with Gasteiger partial charge in [-0.1, -0.05) is 11.6 Å². The Hall–Kier alpha value is -2.66. The van der Waals surface area contributed by atoms with Crippen LogP contribution < -0.4 is 15.4 Å². The molecule has 2 N–H and O–H groups in total. The molecule has 32 heavy (non-hydrogen) atoms. The van der Waals surface area contributed by atoms with Crippen LogP contribution in [-0.4, -0.2) is 57.4 Å². The number of carbonyl (C=O) groups is 2. The van der Waals surface area contributed by atoms with Gasteiger partial charge in [0.05, 0.1) is 18.2 Å². The van der Waals surface area contributed by atoms with Crippen LogP contribution in [0.3, 0.4) is 0 Å².